The fraction of sp³-hybridized carbons (Fsp3) is 0.235. The predicted molar refractivity (Wildman–Crippen MR) is 85.2 cm³/mol. The molecular formula is C17H19NO4. The number of methoxy groups -OCH3 is 3. The molecule has 0 radical (unpaired) electrons. The summed E-state index contributed by atoms with van der Waals surface area (Å²) in [5.41, 5.74) is 1.98. The van der Waals surface area contributed by atoms with Crippen molar-refractivity contribution in [2.24, 2.45) is 0 Å². The molecule has 22 heavy (non-hydrogen) atoms. The molecule has 2 aromatic carbocycles. The van der Waals surface area contributed by atoms with E-state index in [4.69, 9.17) is 14.2 Å². The molecule has 0 unspecified atom stereocenters. The van der Waals surface area contributed by atoms with Gasteiger partial charge in [-0.25, -0.2) is 0 Å². The van der Waals surface area contributed by atoms with Gasteiger partial charge in [0.05, 0.1) is 32.6 Å². The molecule has 0 saturated heterocycles. The predicted octanol–water partition coefficient (Wildman–Crippen LogP) is 3.27. The van der Waals surface area contributed by atoms with Crippen molar-refractivity contribution >= 4 is 11.6 Å². The number of rotatable bonds is 5. The average Bonchev–Trinajstić information content (AvgIpc) is 2.54. The van der Waals surface area contributed by atoms with Crippen LogP contribution in [-0.4, -0.2) is 27.2 Å². The molecule has 1 N–H and O–H groups in total. The van der Waals surface area contributed by atoms with Gasteiger partial charge in [-0.3, -0.25) is 4.79 Å². The van der Waals surface area contributed by atoms with Crippen LogP contribution in [0, 0.1) is 6.92 Å². The summed E-state index contributed by atoms with van der Waals surface area (Å²) in [5.74, 6) is 1.44. The molecular weight excluding hydrogens is 282 g/mol. The van der Waals surface area contributed by atoms with Gasteiger partial charge >= 0.3 is 0 Å². The zero-order valence-corrected chi connectivity index (χ0v) is 13.1. The highest BCUT2D eigenvalue weighted by Crippen LogP contribution is 2.30. The fourth-order valence-corrected chi connectivity index (χ4v) is 2.10. The highest BCUT2D eigenvalue weighted by Gasteiger charge is 2.15. The number of hydrogen-bond acceptors (Lipinski definition) is 4. The molecule has 0 aliphatic rings. The van der Waals surface area contributed by atoms with Crippen molar-refractivity contribution in [3.8, 4) is 17.2 Å². The van der Waals surface area contributed by atoms with Crippen molar-refractivity contribution in [1.82, 2.24) is 0 Å². The molecule has 0 fully saturated rings. The van der Waals surface area contributed by atoms with Crippen LogP contribution >= 0.6 is 0 Å². The summed E-state index contributed by atoms with van der Waals surface area (Å²) in [4.78, 5) is 12.5. The molecule has 0 aliphatic heterocycles. The Morgan fingerprint density at radius 2 is 1.59 bits per heavy atom. The monoisotopic (exact) mass is 301 g/mol. The number of amides is 1. The van der Waals surface area contributed by atoms with E-state index in [1.807, 2.05) is 13.0 Å². The van der Waals surface area contributed by atoms with Gasteiger partial charge in [-0.15, -0.1) is 0 Å². The molecule has 116 valence electrons. The minimum absolute atomic E-state index is 0.271. The van der Waals surface area contributed by atoms with Crippen LogP contribution < -0.4 is 19.5 Å². The van der Waals surface area contributed by atoms with E-state index < -0.39 is 0 Å². The standard InChI is InChI=1S/C17H19NO4/c1-11-5-7-15(21-3)13(9-11)17(19)18-14-10-12(20-2)6-8-16(14)22-4/h5-10H,1-4H3,(H,18,19). The van der Waals surface area contributed by atoms with E-state index in [-0.39, 0.29) is 5.91 Å². The van der Waals surface area contributed by atoms with Gasteiger partial charge in [0.1, 0.15) is 17.2 Å². The van der Waals surface area contributed by atoms with Crippen LogP contribution in [0.15, 0.2) is 36.4 Å². The number of aryl methyl sites for hydroxylation is 1. The maximum Gasteiger partial charge on any atom is 0.259 e. The van der Waals surface area contributed by atoms with Crippen LogP contribution in [0.5, 0.6) is 17.2 Å². The van der Waals surface area contributed by atoms with Gasteiger partial charge < -0.3 is 19.5 Å². The smallest absolute Gasteiger partial charge is 0.259 e. The third-order valence-electron chi connectivity index (χ3n) is 3.25. The number of carbonyl (C=O) groups excluding carboxylic acids is 1. The Balaban J connectivity index is 2.34. The third-order valence-corrected chi connectivity index (χ3v) is 3.25. The van der Waals surface area contributed by atoms with Crippen LogP contribution in [0.3, 0.4) is 0 Å². The van der Waals surface area contributed by atoms with Gasteiger partial charge in [0, 0.05) is 6.07 Å². The maximum absolute atomic E-state index is 12.5. The van der Waals surface area contributed by atoms with Crippen LogP contribution in [0.25, 0.3) is 0 Å². The number of ether oxygens (including phenoxy) is 3. The van der Waals surface area contributed by atoms with Gasteiger partial charge in [-0.05, 0) is 31.2 Å². The summed E-state index contributed by atoms with van der Waals surface area (Å²) in [5, 5.41) is 2.83. The molecule has 5 heteroatoms. The van der Waals surface area contributed by atoms with Crippen molar-refractivity contribution in [1.29, 1.82) is 0 Å². The number of anilines is 1. The molecule has 0 heterocycles. The summed E-state index contributed by atoms with van der Waals surface area (Å²) < 4.78 is 15.7. The summed E-state index contributed by atoms with van der Waals surface area (Å²) in [6, 6.07) is 10.7. The highest BCUT2D eigenvalue weighted by molar-refractivity contribution is 6.07. The third kappa shape index (κ3) is 3.31. The Labute approximate surface area is 129 Å². The zero-order valence-electron chi connectivity index (χ0n) is 13.1. The molecule has 2 aromatic rings. The maximum atomic E-state index is 12.5. The topological polar surface area (TPSA) is 56.8 Å². The number of nitrogens with one attached hydrogen (secondary N) is 1. The second-order valence-electron chi connectivity index (χ2n) is 4.72. The number of carbonyl (C=O) groups is 1. The highest BCUT2D eigenvalue weighted by atomic mass is 16.5. The first-order valence-electron chi connectivity index (χ1n) is 6.77. The molecule has 2 rings (SSSR count). The van der Waals surface area contributed by atoms with Gasteiger partial charge in [-0.1, -0.05) is 11.6 Å². The Kier molecular flexibility index (Phi) is 4.88. The van der Waals surface area contributed by atoms with Crippen LogP contribution in [0.4, 0.5) is 5.69 Å². The largest absolute Gasteiger partial charge is 0.497 e. The second kappa shape index (κ2) is 6.85. The van der Waals surface area contributed by atoms with Gasteiger partial charge in [0.25, 0.3) is 5.91 Å². The first kappa shape index (κ1) is 15.7. The van der Waals surface area contributed by atoms with E-state index in [1.165, 1.54) is 7.11 Å². The molecule has 5 nitrogen and oxygen atoms in total. The average molecular weight is 301 g/mol. The number of hydrogen-bond donors (Lipinski definition) is 1. The summed E-state index contributed by atoms with van der Waals surface area (Å²) >= 11 is 0. The minimum Gasteiger partial charge on any atom is -0.497 e. The molecule has 0 saturated carbocycles. The van der Waals surface area contributed by atoms with E-state index in [0.29, 0.717) is 28.5 Å². The van der Waals surface area contributed by atoms with E-state index in [9.17, 15) is 4.79 Å². The normalized spacial score (nSPS) is 10.0. The zero-order chi connectivity index (χ0) is 16.1. The Bertz CT molecular complexity index is 682. The lowest BCUT2D eigenvalue weighted by atomic mass is 10.1. The Morgan fingerprint density at radius 3 is 2.23 bits per heavy atom. The van der Waals surface area contributed by atoms with Gasteiger partial charge in [0.2, 0.25) is 0 Å². The summed E-state index contributed by atoms with van der Waals surface area (Å²) in [6.07, 6.45) is 0. The Morgan fingerprint density at radius 1 is 0.909 bits per heavy atom. The van der Waals surface area contributed by atoms with Crippen molar-refractivity contribution in [3.05, 3.63) is 47.5 Å². The van der Waals surface area contributed by atoms with Gasteiger partial charge in [0.15, 0.2) is 0 Å². The van der Waals surface area contributed by atoms with Crippen molar-refractivity contribution < 1.29 is 19.0 Å². The molecule has 0 aromatic heterocycles. The van der Waals surface area contributed by atoms with Crippen LogP contribution in [-0.2, 0) is 0 Å². The lowest BCUT2D eigenvalue weighted by molar-refractivity contribution is 0.102. The van der Waals surface area contributed by atoms with E-state index in [1.54, 1.807) is 44.6 Å². The lowest BCUT2D eigenvalue weighted by Gasteiger charge is -2.13. The van der Waals surface area contributed by atoms with E-state index >= 15 is 0 Å². The summed E-state index contributed by atoms with van der Waals surface area (Å²) in [6.45, 7) is 1.92. The van der Waals surface area contributed by atoms with Crippen molar-refractivity contribution in [2.75, 3.05) is 26.6 Å². The lowest BCUT2D eigenvalue weighted by Crippen LogP contribution is -2.14. The quantitative estimate of drug-likeness (QED) is 0.921. The van der Waals surface area contributed by atoms with Gasteiger partial charge in [-0.2, -0.15) is 0 Å². The Hall–Kier alpha value is -2.69. The first-order chi connectivity index (χ1) is 10.6. The molecule has 1 amide bonds. The first-order valence-corrected chi connectivity index (χ1v) is 6.77. The van der Waals surface area contributed by atoms with E-state index in [2.05, 4.69) is 5.32 Å². The van der Waals surface area contributed by atoms with Crippen molar-refractivity contribution in [2.45, 2.75) is 6.92 Å². The molecule has 0 spiro atoms. The SMILES string of the molecule is COc1ccc(OC)c(NC(=O)c2cc(C)ccc2OC)c1. The minimum atomic E-state index is -0.271. The van der Waals surface area contributed by atoms with Crippen LogP contribution in [0.2, 0.25) is 0 Å². The van der Waals surface area contributed by atoms with Crippen LogP contribution in [0.1, 0.15) is 15.9 Å². The molecule has 0 aliphatic carbocycles. The molecule has 0 atom stereocenters. The van der Waals surface area contributed by atoms with Crippen molar-refractivity contribution in [3.63, 3.8) is 0 Å². The second-order valence-corrected chi connectivity index (χ2v) is 4.72. The number of benzene rings is 2. The molecule has 0 bridgehead atoms. The van der Waals surface area contributed by atoms with E-state index in [0.717, 1.165) is 5.56 Å². The fourth-order valence-electron chi connectivity index (χ4n) is 2.10. The summed E-state index contributed by atoms with van der Waals surface area (Å²) in [7, 11) is 4.65.